The molecule has 0 unspecified atom stereocenters. The van der Waals surface area contributed by atoms with E-state index in [0.29, 0.717) is 12.6 Å². The first-order chi connectivity index (χ1) is 8.25. The van der Waals surface area contributed by atoms with Crippen molar-refractivity contribution < 1.29 is 4.79 Å². The van der Waals surface area contributed by atoms with Gasteiger partial charge in [-0.05, 0) is 30.9 Å². The van der Waals surface area contributed by atoms with E-state index in [0.717, 1.165) is 13.0 Å². The lowest BCUT2D eigenvalue weighted by Gasteiger charge is -2.17. The van der Waals surface area contributed by atoms with E-state index in [4.69, 9.17) is 0 Å². The van der Waals surface area contributed by atoms with Crippen LogP contribution >= 0.6 is 0 Å². The average Bonchev–Trinajstić information content (AvgIpc) is 3.18. The molecule has 4 heteroatoms. The third kappa shape index (κ3) is 4.15. The first kappa shape index (κ1) is 12.0. The fourth-order valence-electron chi connectivity index (χ4n) is 1.62. The van der Waals surface area contributed by atoms with Gasteiger partial charge in [0.15, 0.2) is 0 Å². The minimum absolute atomic E-state index is 0.167. The Morgan fingerprint density at radius 3 is 3.06 bits per heavy atom. The largest absolute Gasteiger partial charge is 0.344 e. The van der Waals surface area contributed by atoms with Crippen molar-refractivity contribution in [3.8, 4) is 0 Å². The van der Waals surface area contributed by atoms with Crippen LogP contribution in [0.1, 0.15) is 18.4 Å². The second-order valence-corrected chi connectivity index (χ2v) is 4.58. The molecular weight excluding hydrogens is 214 g/mol. The van der Waals surface area contributed by atoms with E-state index in [9.17, 15) is 4.79 Å². The summed E-state index contributed by atoms with van der Waals surface area (Å²) in [4.78, 5) is 17.6. The molecule has 1 heterocycles. The van der Waals surface area contributed by atoms with Crippen molar-refractivity contribution in [1.29, 1.82) is 0 Å². The van der Waals surface area contributed by atoms with Gasteiger partial charge in [-0.1, -0.05) is 6.07 Å². The summed E-state index contributed by atoms with van der Waals surface area (Å²) in [5, 5.41) is 3.23. The number of carbonyl (C=O) groups excluding carboxylic acids is 1. The number of likely N-dealkylation sites (N-methyl/N-ethyl adjacent to an activating group) is 1. The average molecular weight is 233 g/mol. The van der Waals surface area contributed by atoms with Crippen molar-refractivity contribution in [3.63, 3.8) is 0 Å². The number of nitrogens with zero attached hydrogens (tertiary/aromatic N) is 2. The van der Waals surface area contributed by atoms with E-state index in [2.05, 4.69) is 10.3 Å². The van der Waals surface area contributed by atoms with E-state index in [1.807, 2.05) is 25.4 Å². The summed E-state index contributed by atoms with van der Waals surface area (Å²) in [6.07, 6.45) is 6.90. The van der Waals surface area contributed by atoms with Crippen molar-refractivity contribution in [2.45, 2.75) is 25.3 Å². The maximum Gasteiger partial charge on any atom is 0.236 e. The summed E-state index contributed by atoms with van der Waals surface area (Å²) < 4.78 is 0. The Labute approximate surface area is 102 Å². The molecule has 0 radical (unpaired) electrons. The van der Waals surface area contributed by atoms with Gasteiger partial charge in [-0.2, -0.15) is 0 Å². The van der Waals surface area contributed by atoms with Crippen molar-refractivity contribution in [3.05, 3.63) is 30.1 Å². The molecule has 1 amide bonds. The molecule has 0 atom stereocenters. The molecular formula is C13H19N3O. The van der Waals surface area contributed by atoms with Gasteiger partial charge in [0.1, 0.15) is 0 Å². The molecule has 4 nitrogen and oxygen atoms in total. The van der Waals surface area contributed by atoms with Crippen LogP contribution in [0.5, 0.6) is 0 Å². The third-order valence-electron chi connectivity index (χ3n) is 3.00. The van der Waals surface area contributed by atoms with Gasteiger partial charge in [0.25, 0.3) is 0 Å². The van der Waals surface area contributed by atoms with Gasteiger partial charge in [-0.15, -0.1) is 0 Å². The summed E-state index contributed by atoms with van der Waals surface area (Å²) in [7, 11) is 1.85. The number of aromatic nitrogens is 1. The molecule has 1 N–H and O–H groups in total. The smallest absolute Gasteiger partial charge is 0.236 e. The fourth-order valence-corrected chi connectivity index (χ4v) is 1.62. The quantitative estimate of drug-likeness (QED) is 0.791. The van der Waals surface area contributed by atoms with Crippen molar-refractivity contribution in [1.82, 2.24) is 15.2 Å². The monoisotopic (exact) mass is 233 g/mol. The molecule has 2 rings (SSSR count). The van der Waals surface area contributed by atoms with E-state index in [1.54, 1.807) is 11.1 Å². The van der Waals surface area contributed by atoms with E-state index in [1.165, 1.54) is 18.4 Å². The highest BCUT2D eigenvalue weighted by Gasteiger charge is 2.21. The zero-order valence-corrected chi connectivity index (χ0v) is 10.2. The van der Waals surface area contributed by atoms with Crippen molar-refractivity contribution in [2.24, 2.45) is 0 Å². The number of pyridine rings is 1. The Morgan fingerprint density at radius 2 is 2.41 bits per heavy atom. The lowest BCUT2D eigenvalue weighted by Crippen LogP contribution is -2.37. The maximum atomic E-state index is 11.7. The van der Waals surface area contributed by atoms with Gasteiger partial charge < -0.3 is 10.2 Å². The predicted octanol–water partition coefficient (Wildman–Crippen LogP) is 0.834. The van der Waals surface area contributed by atoms with Gasteiger partial charge in [-0.3, -0.25) is 9.78 Å². The molecule has 1 saturated carbocycles. The first-order valence-corrected chi connectivity index (χ1v) is 6.12. The van der Waals surface area contributed by atoms with Gasteiger partial charge in [0, 0.05) is 32.0 Å². The molecule has 0 aromatic carbocycles. The fraction of sp³-hybridized carbons (Fsp3) is 0.538. The van der Waals surface area contributed by atoms with Crippen LogP contribution in [0.25, 0.3) is 0 Å². The zero-order valence-electron chi connectivity index (χ0n) is 10.2. The van der Waals surface area contributed by atoms with Gasteiger partial charge in [0.2, 0.25) is 5.91 Å². The van der Waals surface area contributed by atoms with Crippen LogP contribution in [-0.4, -0.2) is 42.0 Å². The molecule has 1 aromatic heterocycles. The highest BCUT2D eigenvalue weighted by molar-refractivity contribution is 5.78. The van der Waals surface area contributed by atoms with E-state index in [-0.39, 0.29) is 5.91 Å². The number of carbonyl (C=O) groups is 1. The molecule has 1 aliphatic carbocycles. The second kappa shape index (κ2) is 5.77. The Kier molecular flexibility index (Phi) is 4.09. The third-order valence-corrected chi connectivity index (χ3v) is 3.00. The Bertz CT molecular complexity index is 362. The summed E-state index contributed by atoms with van der Waals surface area (Å²) >= 11 is 0. The molecule has 1 aromatic rings. The van der Waals surface area contributed by atoms with Crippen LogP contribution in [0, 0.1) is 0 Å². The SMILES string of the molecule is CN(CCc1cccnc1)C(=O)CNC1CC1. The topological polar surface area (TPSA) is 45.2 Å². The van der Waals surface area contributed by atoms with Gasteiger partial charge in [-0.25, -0.2) is 0 Å². The molecule has 0 aliphatic heterocycles. The Hall–Kier alpha value is -1.42. The number of amides is 1. The minimum atomic E-state index is 0.167. The molecule has 17 heavy (non-hydrogen) atoms. The zero-order chi connectivity index (χ0) is 12.1. The van der Waals surface area contributed by atoms with Gasteiger partial charge in [0.05, 0.1) is 6.54 Å². The molecule has 0 spiro atoms. The van der Waals surface area contributed by atoms with Crippen LogP contribution in [-0.2, 0) is 11.2 Å². The Morgan fingerprint density at radius 1 is 1.59 bits per heavy atom. The molecule has 92 valence electrons. The summed E-state index contributed by atoms with van der Waals surface area (Å²) in [5.74, 6) is 0.167. The standard InChI is InChI=1S/C13H19N3O/c1-16(13(17)10-15-12-4-5-12)8-6-11-3-2-7-14-9-11/h2-3,7,9,12,15H,4-6,8,10H2,1H3. The number of nitrogens with one attached hydrogen (secondary N) is 1. The first-order valence-electron chi connectivity index (χ1n) is 6.12. The van der Waals surface area contributed by atoms with E-state index >= 15 is 0 Å². The molecule has 1 fully saturated rings. The van der Waals surface area contributed by atoms with Crippen LogP contribution in [0.2, 0.25) is 0 Å². The summed E-state index contributed by atoms with van der Waals surface area (Å²) in [6, 6.07) is 4.55. The molecule has 0 saturated heterocycles. The highest BCUT2D eigenvalue weighted by atomic mass is 16.2. The molecule has 1 aliphatic rings. The number of hydrogen-bond acceptors (Lipinski definition) is 3. The van der Waals surface area contributed by atoms with Gasteiger partial charge >= 0.3 is 0 Å². The van der Waals surface area contributed by atoms with Crippen molar-refractivity contribution >= 4 is 5.91 Å². The lowest BCUT2D eigenvalue weighted by molar-refractivity contribution is -0.128. The molecule has 0 bridgehead atoms. The van der Waals surface area contributed by atoms with Crippen molar-refractivity contribution in [2.75, 3.05) is 20.1 Å². The Balaban J connectivity index is 1.68. The summed E-state index contributed by atoms with van der Waals surface area (Å²) in [5.41, 5.74) is 1.17. The lowest BCUT2D eigenvalue weighted by atomic mass is 10.2. The van der Waals surface area contributed by atoms with E-state index < -0.39 is 0 Å². The second-order valence-electron chi connectivity index (χ2n) is 4.58. The normalized spacial score (nSPS) is 14.6. The predicted molar refractivity (Wildman–Crippen MR) is 66.6 cm³/mol. The van der Waals surface area contributed by atoms with Crippen LogP contribution in [0.15, 0.2) is 24.5 Å². The minimum Gasteiger partial charge on any atom is -0.344 e. The highest BCUT2D eigenvalue weighted by Crippen LogP contribution is 2.18. The van der Waals surface area contributed by atoms with Crippen LogP contribution in [0.3, 0.4) is 0 Å². The van der Waals surface area contributed by atoms with Crippen LogP contribution < -0.4 is 5.32 Å². The summed E-state index contributed by atoms with van der Waals surface area (Å²) in [6.45, 7) is 1.21. The maximum absolute atomic E-state index is 11.7. The van der Waals surface area contributed by atoms with Crippen LogP contribution in [0.4, 0.5) is 0 Å². The number of hydrogen-bond donors (Lipinski definition) is 1. The number of rotatable bonds is 6.